The van der Waals surface area contributed by atoms with E-state index < -0.39 is 0 Å². The predicted molar refractivity (Wildman–Crippen MR) is 83.9 cm³/mol. The van der Waals surface area contributed by atoms with Crippen LogP contribution in [-0.4, -0.2) is 35.7 Å². The van der Waals surface area contributed by atoms with E-state index >= 15 is 0 Å². The first kappa shape index (κ1) is 14.7. The highest BCUT2D eigenvalue weighted by atomic mass is 16.2. The van der Waals surface area contributed by atoms with Gasteiger partial charge in [-0.2, -0.15) is 0 Å². The molecule has 23 heavy (non-hydrogen) atoms. The van der Waals surface area contributed by atoms with Crippen molar-refractivity contribution in [2.24, 2.45) is 29.6 Å². The molecule has 0 aromatic carbocycles. The molecule has 2 bridgehead atoms. The van der Waals surface area contributed by atoms with Crippen LogP contribution in [-0.2, 0) is 14.4 Å². The molecule has 5 nitrogen and oxygen atoms in total. The third-order valence-corrected chi connectivity index (χ3v) is 5.80. The van der Waals surface area contributed by atoms with Gasteiger partial charge in [-0.15, -0.1) is 0 Å². The summed E-state index contributed by atoms with van der Waals surface area (Å²) < 4.78 is 0. The Morgan fingerprint density at radius 2 is 1.70 bits per heavy atom. The molecule has 0 radical (unpaired) electrons. The van der Waals surface area contributed by atoms with Crippen LogP contribution in [0.5, 0.6) is 0 Å². The summed E-state index contributed by atoms with van der Waals surface area (Å²) >= 11 is 0. The Hall–Kier alpha value is -1.91. The zero-order chi connectivity index (χ0) is 16.0. The highest BCUT2D eigenvalue weighted by Crippen LogP contribution is 2.52. The van der Waals surface area contributed by atoms with Crippen molar-refractivity contribution < 1.29 is 14.4 Å². The lowest BCUT2D eigenvalue weighted by Crippen LogP contribution is -2.36. The van der Waals surface area contributed by atoms with Crippen molar-refractivity contribution in [3.8, 4) is 0 Å². The van der Waals surface area contributed by atoms with Crippen LogP contribution >= 0.6 is 0 Å². The van der Waals surface area contributed by atoms with E-state index in [1.807, 2.05) is 12.2 Å². The fraction of sp³-hybridized carbons (Fsp3) is 0.611. The molecule has 1 N–H and O–H groups in total. The van der Waals surface area contributed by atoms with Crippen molar-refractivity contribution in [3.63, 3.8) is 0 Å². The minimum Gasteiger partial charge on any atom is -0.356 e. The molecule has 122 valence electrons. The van der Waals surface area contributed by atoms with Gasteiger partial charge >= 0.3 is 0 Å². The molecule has 1 aliphatic heterocycles. The molecule has 0 aromatic heterocycles. The van der Waals surface area contributed by atoms with Crippen molar-refractivity contribution in [2.75, 3.05) is 13.1 Å². The van der Waals surface area contributed by atoms with Gasteiger partial charge in [0.15, 0.2) is 0 Å². The van der Waals surface area contributed by atoms with Crippen molar-refractivity contribution in [2.45, 2.75) is 25.7 Å². The van der Waals surface area contributed by atoms with E-state index in [1.54, 1.807) is 0 Å². The normalized spacial score (nSPS) is 34.7. The number of hydrogen-bond donors (Lipinski definition) is 1. The van der Waals surface area contributed by atoms with E-state index in [9.17, 15) is 14.4 Å². The number of amides is 3. The zero-order valence-corrected chi connectivity index (χ0v) is 13.1. The average Bonchev–Trinajstić information content (AvgIpc) is 3.30. The molecule has 3 amide bonds. The van der Waals surface area contributed by atoms with Crippen molar-refractivity contribution in [3.05, 3.63) is 24.3 Å². The highest BCUT2D eigenvalue weighted by molar-refractivity contribution is 6.06. The second-order valence-corrected chi connectivity index (χ2v) is 7.11. The fourth-order valence-corrected chi connectivity index (χ4v) is 4.61. The number of rotatable bonds is 5. The maximum atomic E-state index is 12.5. The van der Waals surface area contributed by atoms with Gasteiger partial charge in [0.25, 0.3) is 0 Å². The highest BCUT2D eigenvalue weighted by Gasteiger charge is 2.58. The van der Waals surface area contributed by atoms with Gasteiger partial charge in [-0.05, 0) is 37.5 Å². The van der Waals surface area contributed by atoms with Crippen molar-refractivity contribution in [1.82, 2.24) is 10.2 Å². The second kappa shape index (κ2) is 5.62. The van der Waals surface area contributed by atoms with Gasteiger partial charge in [-0.1, -0.05) is 24.3 Å². The zero-order valence-electron chi connectivity index (χ0n) is 13.1. The molecule has 0 spiro atoms. The standard InChI is InChI=1S/C18H22N2O3/c21-16(11-4-1-2-5-11)19-8-3-9-20-17(22)14-12-6-7-13(10-12)15(14)18(20)23/h1-2,6-7,11-15H,3-5,8-10H2,(H,19,21)/t12-,13-,14-,15-/m0/s1. The lowest BCUT2D eigenvalue weighted by molar-refractivity contribution is -0.140. The Morgan fingerprint density at radius 1 is 1.09 bits per heavy atom. The lowest BCUT2D eigenvalue weighted by Gasteiger charge is -2.17. The summed E-state index contributed by atoms with van der Waals surface area (Å²) in [4.78, 5) is 38.4. The summed E-state index contributed by atoms with van der Waals surface area (Å²) in [6.45, 7) is 0.945. The minimum absolute atomic E-state index is 0.00293. The van der Waals surface area contributed by atoms with E-state index in [4.69, 9.17) is 0 Å². The van der Waals surface area contributed by atoms with Gasteiger partial charge in [0.2, 0.25) is 17.7 Å². The third kappa shape index (κ3) is 2.33. The summed E-state index contributed by atoms with van der Waals surface area (Å²) in [5.41, 5.74) is 0. The molecule has 1 saturated heterocycles. The van der Waals surface area contributed by atoms with Gasteiger partial charge in [0.05, 0.1) is 11.8 Å². The van der Waals surface area contributed by atoms with Crippen LogP contribution in [0, 0.1) is 29.6 Å². The smallest absolute Gasteiger partial charge is 0.233 e. The van der Waals surface area contributed by atoms with Gasteiger partial charge in [0, 0.05) is 19.0 Å². The molecule has 4 rings (SSSR count). The van der Waals surface area contributed by atoms with Crippen LogP contribution in [0.4, 0.5) is 0 Å². The van der Waals surface area contributed by atoms with E-state index in [1.165, 1.54) is 4.90 Å². The number of nitrogens with one attached hydrogen (secondary N) is 1. The van der Waals surface area contributed by atoms with Gasteiger partial charge in [-0.25, -0.2) is 0 Å². The molecular formula is C18H22N2O3. The van der Waals surface area contributed by atoms with E-state index in [0.717, 1.165) is 19.3 Å². The van der Waals surface area contributed by atoms with Crippen molar-refractivity contribution >= 4 is 17.7 Å². The molecular weight excluding hydrogens is 292 g/mol. The molecule has 0 unspecified atom stereocenters. The van der Waals surface area contributed by atoms with Crippen molar-refractivity contribution in [1.29, 1.82) is 0 Å². The molecule has 1 heterocycles. The molecule has 4 atom stereocenters. The molecule has 2 fully saturated rings. The average molecular weight is 314 g/mol. The van der Waals surface area contributed by atoms with E-state index in [-0.39, 0.29) is 47.3 Å². The number of carbonyl (C=O) groups excluding carboxylic acids is 3. The monoisotopic (exact) mass is 314 g/mol. The first-order chi connectivity index (χ1) is 11.2. The molecule has 4 aliphatic rings. The van der Waals surface area contributed by atoms with Crippen LogP contribution in [0.3, 0.4) is 0 Å². The minimum atomic E-state index is -0.114. The second-order valence-electron chi connectivity index (χ2n) is 7.11. The number of carbonyl (C=O) groups is 3. The Kier molecular flexibility index (Phi) is 3.58. The summed E-state index contributed by atoms with van der Waals surface area (Å²) in [6.07, 6.45) is 11.5. The molecule has 3 aliphatic carbocycles. The Bertz CT molecular complexity index is 571. The number of imide groups is 1. The van der Waals surface area contributed by atoms with Crippen LogP contribution < -0.4 is 5.32 Å². The predicted octanol–water partition coefficient (Wildman–Crippen LogP) is 1.27. The maximum absolute atomic E-state index is 12.5. The Balaban J connectivity index is 1.26. The van der Waals surface area contributed by atoms with Crippen LogP contribution in [0.15, 0.2) is 24.3 Å². The van der Waals surface area contributed by atoms with Crippen LogP contribution in [0.2, 0.25) is 0 Å². The summed E-state index contributed by atoms with van der Waals surface area (Å²) in [6, 6.07) is 0. The summed E-state index contributed by atoms with van der Waals surface area (Å²) in [5, 5.41) is 2.92. The number of nitrogens with zero attached hydrogens (tertiary/aromatic N) is 1. The van der Waals surface area contributed by atoms with Crippen LogP contribution in [0.1, 0.15) is 25.7 Å². The quantitative estimate of drug-likeness (QED) is 0.472. The fourth-order valence-electron chi connectivity index (χ4n) is 4.61. The topological polar surface area (TPSA) is 66.5 Å². The van der Waals surface area contributed by atoms with E-state index in [2.05, 4.69) is 17.5 Å². The van der Waals surface area contributed by atoms with Gasteiger partial charge < -0.3 is 5.32 Å². The Morgan fingerprint density at radius 3 is 2.30 bits per heavy atom. The number of allylic oxidation sites excluding steroid dienone is 4. The third-order valence-electron chi connectivity index (χ3n) is 5.80. The Labute approximate surface area is 135 Å². The SMILES string of the molecule is O=C(NCCCN1C(=O)[C@@H]2[C@@H](C1=O)[C@H]1C=C[C@H]2C1)C1CC=CC1. The van der Waals surface area contributed by atoms with Crippen LogP contribution in [0.25, 0.3) is 0 Å². The molecule has 5 heteroatoms. The summed E-state index contributed by atoms with van der Waals surface area (Å²) in [5.74, 6) is 0.445. The van der Waals surface area contributed by atoms with Gasteiger partial charge in [-0.3, -0.25) is 19.3 Å². The lowest BCUT2D eigenvalue weighted by atomic mass is 9.85. The first-order valence-corrected chi connectivity index (χ1v) is 8.63. The first-order valence-electron chi connectivity index (χ1n) is 8.63. The number of likely N-dealkylation sites (tertiary alicyclic amines) is 1. The molecule has 0 aromatic rings. The summed E-state index contributed by atoms with van der Waals surface area (Å²) in [7, 11) is 0. The van der Waals surface area contributed by atoms with E-state index in [0.29, 0.717) is 19.5 Å². The van der Waals surface area contributed by atoms with Gasteiger partial charge in [0.1, 0.15) is 0 Å². The molecule has 1 saturated carbocycles. The maximum Gasteiger partial charge on any atom is 0.233 e. The number of hydrogen-bond acceptors (Lipinski definition) is 3. The number of fused-ring (bicyclic) bond motifs is 5. The largest absolute Gasteiger partial charge is 0.356 e.